The third kappa shape index (κ3) is 3.92. The second kappa shape index (κ2) is 8.07. The molecular weight excluding hydrogens is 362 g/mol. The number of fused-ring (bicyclic) bond motifs is 1. The van der Waals surface area contributed by atoms with Gasteiger partial charge in [0.15, 0.2) is 6.10 Å². The van der Waals surface area contributed by atoms with Gasteiger partial charge in [-0.05, 0) is 19.1 Å². The lowest BCUT2D eigenvalue weighted by molar-refractivity contribution is 0.0282. The van der Waals surface area contributed by atoms with Gasteiger partial charge in [-0.15, -0.1) is 0 Å². The van der Waals surface area contributed by atoms with Crippen molar-refractivity contribution < 1.29 is 14.3 Å². The molecule has 1 heterocycles. The summed E-state index contributed by atoms with van der Waals surface area (Å²) >= 11 is 0. The van der Waals surface area contributed by atoms with Crippen molar-refractivity contribution in [2.45, 2.75) is 13.0 Å². The largest absolute Gasteiger partial charge is 0.445 e. The van der Waals surface area contributed by atoms with Crippen LogP contribution in [0, 0.1) is 6.92 Å². The van der Waals surface area contributed by atoms with Gasteiger partial charge in [0.05, 0.1) is 11.1 Å². The van der Waals surface area contributed by atoms with Gasteiger partial charge in [-0.2, -0.15) is 0 Å². The Morgan fingerprint density at radius 1 is 0.828 bits per heavy atom. The normalized spacial score (nSPS) is 11.8. The van der Waals surface area contributed by atoms with Crippen LogP contribution in [0.4, 0.5) is 0 Å². The molecule has 0 fully saturated rings. The summed E-state index contributed by atoms with van der Waals surface area (Å²) in [6, 6.07) is 27.0. The van der Waals surface area contributed by atoms with Gasteiger partial charge in [0.25, 0.3) is 0 Å². The predicted molar refractivity (Wildman–Crippen MR) is 112 cm³/mol. The van der Waals surface area contributed by atoms with Crippen molar-refractivity contribution >= 4 is 22.7 Å². The number of aromatic nitrogens is 1. The molecule has 4 nitrogen and oxygen atoms in total. The summed E-state index contributed by atoms with van der Waals surface area (Å²) in [6.45, 7) is 1.83. The molecule has 0 bridgehead atoms. The number of ketones is 1. The zero-order chi connectivity index (χ0) is 20.2. The van der Waals surface area contributed by atoms with Crippen molar-refractivity contribution in [1.29, 1.82) is 0 Å². The Bertz CT molecular complexity index is 1170. The average Bonchev–Trinajstić information content (AvgIpc) is 2.77. The zero-order valence-electron chi connectivity index (χ0n) is 15.9. The fraction of sp³-hybridized carbons (Fsp3) is 0.0800. The molecule has 1 atom stereocenters. The van der Waals surface area contributed by atoms with E-state index in [1.54, 1.807) is 42.5 Å². The van der Waals surface area contributed by atoms with Crippen molar-refractivity contribution in [1.82, 2.24) is 4.98 Å². The number of ether oxygens (including phenoxy) is 1. The Morgan fingerprint density at radius 3 is 2.17 bits per heavy atom. The Hall–Kier alpha value is -3.79. The van der Waals surface area contributed by atoms with Crippen molar-refractivity contribution in [2.24, 2.45) is 0 Å². The maximum absolute atomic E-state index is 13.2. The fourth-order valence-electron chi connectivity index (χ4n) is 3.30. The highest BCUT2D eigenvalue weighted by Gasteiger charge is 2.27. The Morgan fingerprint density at radius 2 is 1.45 bits per heavy atom. The summed E-state index contributed by atoms with van der Waals surface area (Å²) in [5.74, 6) is -0.815. The number of carbonyl (C=O) groups is 2. The third-order valence-electron chi connectivity index (χ3n) is 4.69. The van der Waals surface area contributed by atoms with E-state index in [1.165, 1.54) is 0 Å². The van der Waals surface area contributed by atoms with E-state index < -0.39 is 12.1 Å². The number of Topliss-reactive ketones (excluding diaryl/α,β-unsaturated/α-hetero) is 1. The molecule has 4 rings (SSSR count). The predicted octanol–water partition coefficient (Wildman–Crippen LogP) is 5.32. The highest BCUT2D eigenvalue weighted by Crippen LogP contribution is 2.26. The standard InChI is InChI=1S/C25H19NO3/c1-17-16-21(20-14-8-9-15-22(20)26-17)25(28)29-24(19-12-6-3-7-13-19)23(27)18-10-4-2-5-11-18/h2-16,24H,1H3. The van der Waals surface area contributed by atoms with Crippen LogP contribution in [-0.4, -0.2) is 16.7 Å². The van der Waals surface area contributed by atoms with E-state index in [0.29, 0.717) is 33.3 Å². The van der Waals surface area contributed by atoms with E-state index in [2.05, 4.69) is 4.98 Å². The van der Waals surface area contributed by atoms with Crippen molar-refractivity contribution in [3.8, 4) is 0 Å². The number of hydrogen-bond donors (Lipinski definition) is 0. The molecule has 0 saturated heterocycles. The van der Waals surface area contributed by atoms with Crippen molar-refractivity contribution in [2.75, 3.05) is 0 Å². The lowest BCUT2D eigenvalue weighted by Gasteiger charge is -2.18. The minimum absolute atomic E-state index is 0.264. The van der Waals surface area contributed by atoms with Crippen LogP contribution in [0.2, 0.25) is 0 Å². The molecule has 0 spiro atoms. The number of aryl methyl sites for hydroxylation is 1. The molecule has 0 saturated carbocycles. The summed E-state index contributed by atoms with van der Waals surface area (Å²) in [5, 5.41) is 0.696. The van der Waals surface area contributed by atoms with Crippen LogP contribution in [0.1, 0.15) is 38.1 Å². The number of esters is 1. The number of rotatable bonds is 5. The molecule has 0 aliphatic heterocycles. The monoisotopic (exact) mass is 381 g/mol. The molecule has 4 aromatic rings. The number of para-hydroxylation sites is 1. The van der Waals surface area contributed by atoms with Gasteiger partial charge in [0.1, 0.15) is 0 Å². The lowest BCUT2D eigenvalue weighted by atomic mass is 9.99. The molecule has 1 aromatic heterocycles. The molecule has 0 aliphatic carbocycles. The van der Waals surface area contributed by atoms with Crippen LogP contribution in [0.15, 0.2) is 91.0 Å². The molecule has 0 aliphatic rings. The molecule has 4 heteroatoms. The Kier molecular flexibility index (Phi) is 5.16. The van der Waals surface area contributed by atoms with E-state index in [-0.39, 0.29) is 5.78 Å². The van der Waals surface area contributed by atoms with Gasteiger partial charge in [-0.3, -0.25) is 9.78 Å². The quantitative estimate of drug-likeness (QED) is 0.347. The van der Waals surface area contributed by atoms with Gasteiger partial charge in [-0.1, -0.05) is 78.9 Å². The Balaban J connectivity index is 1.74. The van der Waals surface area contributed by atoms with Crippen molar-refractivity contribution in [3.05, 3.63) is 113 Å². The van der Waals surface area contributed by atoms with Crippen LogP contribution >= 0.6 is 0 Å². The van der Waals surface area contributed by atoms with E-state index in [9.17, 15) is 9.59 Å². The summed E-state index contributed by atoms with van der Waals surface area (Å²) in [4.78, 5) is 30.7. The number of carbonyl (C=O) groups excluding carboxylic acids is 2. The second-order valence-corrected chi connectivity index (χ2v) is 6.75. The first-order chi connectivity index (χ1) is 14.1. The van der Waals surface area contributed by atoms with Gasteiger partial charge < -0.3 is 4.74 Å². The zero-order valence-corrected chi connectivity index (χ0v) is 15.9. The molecule has 1 unspecified atom stereocenters. The van der Waals surface area contributed by atoms with Gasteiger partial charge in [-0.25, -0.2) is 4.79 Å². The lowest BCUT2D eigenvalue weighted by Crippen LogP contribution is -2.20. The molecular formula is C25H19NO3. The van der Waals surface area contributed by atoms with E-state index in [1.807, 2.05) is 55.5 Å². The first kappa shape index (κ1) is 18.6. The van der Waals surface area contributed by atoms with Gasteiger partial charge in [0.2, 0.25) is 5.78 Å². The molecule has 0 N–H and O–H groups in total. The van der Waals surface area contributed by atoms with E-state index >= 15 is 0 Å². The highest BCUT2D eigenvalue weighted by molar-refractivity contribution is 6.06. The summed E-state index contributed by atoms with van der Waals surface area (Å²) in [6.07, 6.45) is -1.03. The maximum atomic E-state index is 13.2. The first-order valence-electron chi connectivity index (χ1n) is 9.35. The summed E-state index contributed by atoms with van der Waals surface area (Å²) in [7, 11) is 0. The first-order valence-corrected chi connectivity index (χ1v) is 9.35. The smallest absolute Gasteiger partial charge is 0.339 e. The number of hydrogen-bond acceptors (Lipinski definition) is 4. The van der Waals surface area contributed by atoms with Gasteiger partial charge in [0, 0.05) is 22.2 Å². The van der Waals surface area contributed by atoms with E-state index in [0.717, 1.165) is 0 Å². The molecule has 142 valence electrons. The third-order valence-corrected chi connectivity index (χ3v) is 4.69. The molecule has 29 heavy (non-hydrogen) atoms. The fourth-order valence-corrected chi connectivity index (χ4v) is 3.30. The SMILES string of the molecule is Cc1cc(C(=O)OC(C(=O)c2ccccc2)c2ccccc2)c2ccccc2n1. The molecule has 0 amide bonds. The van der Waals surface area contributed by atoms with Crippen LogP contribution < -0.4 is 0 Å². The Labute approximate surface area is 168 Å². The minimum Gasteiger partial charge on any atom is -0.445 e. The molecule has 3 aromatic carbocycles. The number of benzene rings is 3. The summed E-state index contributed by atoms with van der Waals surface area (Å²) < 4.78 is 5.79. The maximum Gasteiger partial charge on any atom is 0.339 e. The van der Waals surface area contributed by atoms with E-state index in [4.69, 9.17) is 4.74 Å². The van der Waals surface area contributed by atoms with Gasteiger partial charge >= 0.3 is 5.97 Å². The van der Waals surface area contributed by atoms with Crippen molar-refractivity contribution in [3.63, 3.8) is 0 Å². The second-order valence-electron chi connectivity index (χ2n) is 6.75. The van der Waals surface area contributed by atoms with Crippen LogP contribution in [0.3, 0.4) is 0 Å². The topological polar surface area (TPSA) is 56.3 Å². The summed E-state index contributed by atoms with van der Waals surface area (Å²) in [5.41, 5.74) is 2.94. The molecule has 0 radical (unpaired) electrons. The van der Waals surface area contributed by atoms with Crippen LogP contribution in [0.5, 0.6) is 0 Å². The van der Waals surface area contributed by atoms with Crippen LogP contribution in [0.25, 0.3) is 10.9 Å². The average molecular weight is 381 g/mol. The number of pyridine rings is 1. The van der Waals surface area contributed by atoms with Crippen LogP contribution in [-0.2, 0) is 4.74 Å². The minimum atomic E-state index is -1.03. The number of nitrogens with zero attached hydrogens (tertiary/aromatic N) is 1. The highest BCUT2D eigenvalue weighted by atomic mass is 16.5.